The van der Waals surface area contributed by atoms with Gasteiger partial charge in [0.15, 0.2) is 4.80 Å². The lowest BCUT2D eigenvalue weighted by atomic mass is 9.95. The Morgan fingerprint density at radius 2 is 1.93 bits per heavy atom. The molecule has 206 valence electrons. The molecule has 1 aliphatic rings. The number of hydrogen-bond donors (Lipinski definition) is 0. The second-order valence-corrected chi connectivity index (χ2v) is 10.2. The molecule has 0 spiro atoms. The fourth-order valence-electron chi connectivity index (χ4n) is 4.47. The first-order valence-electron chi connectivity index (χ1n) is 11.7. The molecule has 40 heavy (non-hydrogen) atoms. The van der Waals surface area contributed by atoms with Gasteiger partial charge in [-0.05, 0) is 49.4 Å². The Morgan fingerprint density at radius 3 is 2.62 bits per heavy atom. The third kappa shape index (κ3) is 4.98. The molecular formula is C28H20ClF3N2O5S. The number of esters is 1. The molecule has 0 aliphatic carbocycles. The summed E-state index contributed by atoms with van der Waals surface area (Å²) in [4.78, 5) is 31.4. The van der Waals surface area contributed by atoms with Gasteiger partial charge in [-0.15, -0.1) is 0 Å². The largest absolute Gasteiger partial charge is 0.496 e. The molecule has 0 saturated heterocycles. The number of benzene rings is 2. The third-order valence-electron chi connectivity index (χ3n) is 6.29. The first-order valence-corrected chi connectivity index (χ1v) is 12.9. The fraction of sp³-hybridized carbons (Fsp3) is 0.179. The van der Waals surface area contributed by atoms with Crippen LogP contribution in [-0.4, -0.2) is 24.8 Å². The Labute approximate surface area is 234 Å². The summed E-state index contributed by atoms with van der Waals surface area (Å²) in [6, 6.07) is 11.8. The lowest BCUT2D eigenvalue weighted by Gasteiger charge is -2.25. The normalized spacial score (nSPS) is 15.6. The van der Waals surface area contributed by atoms with Gasteiger partial charge < -0.3 is 13.9 Å². The fourth-order valence-corrected chi connectivity index (χ4v) is 5.68. The molecule has 3 heterocycles. The minimum absolute atomic E-state index is 0.145. The number of halogens is 4. The van der Waals surface area contributed by atoms with Gasteiger partial charge in [0.05, 0.1) is 35.6 Å². The van der Waals surface area contributed by atoms with E-state index in [1.165, 1.54) is 43.1 Å². The Balaban J connectivity index is 1.65. The first kappa shape index (κ1) is 27.5. The van der Waals surface area contributed by atoms with E-state index in [4.69, 9.17) is 25.5 Å². The molecule has 5 rings (SSSR count). The highest BCUT2D eigenvalue weighted by Gasteiger charge is 2.35. The van der Waals surface area contributed by atoms with E-state index in [0.29, 0.717) is 26.8 Å². The van der Waals surface area contributed by atoms with Gasteiger partial charge >= 0.3 is 12.1 Å². The standard InChI is InChI=1S/C28H20ClF3N2O5S/c1-14-23(26(36)38-3)24(19-12-17(29)7-9-21(19)37-2)34-25(35)22(40-27(34)33-14)13-18-8-10-20(39-18)15-5-4-6-16(11-15)28(30,31)32/h4-13,24H,1-3H3/b22-13-/t24-/m0/s1. The van der Waals surface area contributed by atoms with Gasteiger partial charge in [0.1, 0.15) is 23.3 Å². The summed E-state index contributed by atoms with van der Waals surface area (Å²) >= 11 is 7.35. The Morgan fingerprint density at radius 1 is 1.15 bits per heavy atom. The predicted molar refractivity (Wildman–Crippen MR) is 143 cm³/mol. The average Bonchev–Trinajstić information content (AvgIpc) is 3.51. The number of allylic oxidation sites excluding steroid dienone is 1. The number of hydrogen-bond acceptors (Lipinski definition) is 7. The summed E-state index contributed by atoms with van der Waals surface area (Å²) in [5.74, 6) is 0.185. The van der Waals surface area contributed by atoms with Crippen molar-refractivity contribution in [2.75, 3.05) is 14.2 Å². The average molecular weight is 589 g/mol. The molecule has 0 N–H and O–H groups in total. The predicted octanol–water partition coefficient (Wildman–Crippen LogP) is 5.35. The lowest BCUT2D eigenvalue weighted by molar-refractivity contribution is -0.138. The summed E-state index contributed by atoms with van der Waals surface area (Å²) in [6.45, 7) is 1.64. The van der Waals surface area contributed by atoms with E-state index >= 15 is 0 Å². The van der Waals surface area contributed by atoms with E-state index in [1.807, 2.05) is 0 Å². The number of furan rings is 1. The summed E-state index contributed by atoms with van der Waals surface area (Å²) in [5, 5.41) is 0.370. The zero-order valence-corrected chi connectivity index (χ0v) is 22.8. The van der Waals surface area contributed by atoms with Crippen molar-refractivity contribution >= 4 is 35.0 Å². The topological polar surface area (TPSA) is 83.0 Å². The Bertz CT molecular complexity index is 1850. The SMILES string of the molecule is COC(=O)C1=C(C)N=c2s/c(=C\c3ccc(-c4cccc(C(F)(F)F)c4)o3)c(=O)n2[C@H]1c1cc(Cl)ccc1OC. The van der Waals surface area contributed by atoms with Crippen LogP contribution in [0.2, 0.25) is 5.02 Å². The molecule has 0 radical (unpaired) electrons. The molecule has 2 aromatic heterocycles. The smallest absolute Gasteiger partial charge is 0.416 e. The minimum atomic E-state index is -4.50. The van der Waals surface area contributed by atoms with Crippen LogP contribution < -0.4 is 19.6 Å². The number of methoxy groups -OCH3 is 2. The van der Waals surface area contributed by atoms with Crippen LogP contribution in [0.5, 0.6) is 5.75 Å². The molecule has 4 aromatic rings. The number of carbonyl (C=O) groups excluding carboxylic acids is 1. The van der Waals surface area contributed by atoms with Gasteiger partial charge in [-0.1, -0.05) is 35.1 Å². The Hall–Kier alpha value is -4.09. The second kappa shape index (κ2) is 10.5. The molecule has 0 bridgehead atoms. The maximum absolute atomic E-state index is 13.7. The maximum Gasteiger partial charge on any atom is 0.416 e. The van der Waals surface area contributed by atoms with Gasteiger partial charge in [0.25, 0.3) is 5.56 Å². The van der Waals surface area contributed by atoms with E-state index < -0.39 is 29.3 Å². The minimum Gasteiger partial charge on any atom is -0.496 e. The van der Waals surface area contributed by atoms with Crippen molar-refractivity contribution < 1.29 is 31.9 Å². The van der Waals surface area contributed by atoms with Gasteiger partial charge in [0, 0.05) is 22.2 Å². The van der Waals surface area contributed by atoms with Gasteiger partial charge in [-0.2, -0.15) is 13.2 Å². The third-order valence-corrected chi connectivity index (χ3v) is 7.51. The molecule has 2 aromatic carbocycles. The van der Waals surface area contributed by atoms with E-state index in [2.05, 4.69) is 4.99 Å². The number of aromatic nitrogens is 1. The molecular weight excluding hydrogens is 569 g/mol. The molecule has 0 unspecified atom stereocenters. The van der Waals surface area contributed by atoms with Crippen LogP contribution in [0.4, 0.5) is 13.2 Å². The van der Waals surface area contributed by atoms with Crippen LogP contribution in [0, 0.1) is 0 Å². The number of nitrogens with zero attached hydrogens (tertiary/aromatic N) is 2. The molecule has 12 heteroatoms. The Kier molecular flexibility index (Phi) is 7.19. The van der Waals surface area contributed by atoms with Gasteiger partial charge in [0.2, 0.25) is 0 Å². The molecule has 0 amide bonds. The van der Waals surface area contributed by atoms with Crippen molar-refractivity contribution in [2.24, 2.45) is 4.99 Å². The van der Waals surface area contributed by atoms with Crippen molar-refractivity contribution in [3.05, 3.63) is 107 Å². The van der Waals surface area contributed by atoms with E-state index in [-0.39, 0.29) is 27.2 Å². The van der Waals surface area contributed by atoms with Crippen molar-refractivity contribution in [2.45, 2.75) is 19.1 Å². The van der Waals surface area contributed by atoms with Crippen LogP contribution in [0.3, 0.4) is 0 Å². The number of fused-ring (bicyclic) bond motifs is 1. The quantitative estimate of drug-likeness (QED) is 0.294. The molecule has 7 nitrogen and oxygen atoms in total. The number of carbonyl (C=O) groups is 1. The van der Waals surface area contributed by atoms with Crippen LogP contribution >= 0.6 is 22.9 Å². The highest BCUT2D eigenvalue weighted by Crippen LogP contribution is 2.37. The number of thiazole rings is 1. The lowest BCUT2D eigenvalue weighted by Crippen LogP contribution is -2.40. The van der Waals surface area contributed by atoms with Gasteiger partial charge in [-0.25, -0.2) is 9.79 Å². The van der Waals surface area contributed by atoms with Crippen LogP contribution in [0.1, 0.15) is 29.9 Å². The van der Waals surface area contributed by atoms with Crippen molar-refractivity contribution in [1.82, 2.24) is 4.57 Å². The van der Waals surface area contributed by atoms with Crippen molar-refractivity contribution in [3.63, 3.8) is 0 Å². The van der Waals surface area contributed by atoms with E-state index in [9.17, 15) is 22.8 Å². The van der Waals surface area contributed by atoms with E-state index in [0.717, 1.165) is 23.5 Å². The summed E-state index contributed by atoms with van der Waals surface area (Å²) in [7, 11) is 2.70. The summed E-state index contributed by atoms with van der Waals surface area (Å²) in [6.07, 6.45) is -3.02. The molecule has 1 aliphatic heterocycles. The van der Waals surface area contributed by atoms with Crippen molar-refractivity contribution in [3.8, 4) is 17.1 Å². The maximum atomic E-state index is 13.7. The summed E-state index contributed by atoms with van der Waals surface area (Å²) in [5.41, 5.74) is -0.0703. The highest BCUT2D eigenvalue weighted by atomic mass is 35.5. The van der Waals surface area contributed by atoms with E-state index in [1.54, 1.807) is 31.2 Å². The van der Waals surface area contributed by atoms with Crippen LogP contribution in [-0.2, 0) is 15.7 Å². The monoisotopic (exact) mass is 588 g/mol. The van der Waals surface area contributed by atoms with Crippen LogP contribution in [0.25, 0.3) is 17.4 Å². The number of rotatable bonds is 5. The zero-order chi connectivity index (χ0) is 28.8. The highest BCUT2D eigenvalue weighted by molar-refractivity contribution is 7.07. The first-order chi connectivity index (χ1) is 19.0. The number of ether oxygens (including phenoxy) is 2. The van der Waals surface area contributed by atoms with Crippen LogP contribution in [0.15, 0.2) is 80.1 Å². The number of alkyl halides is 3. The van der Waals surface area contributed by atoms with Gasteiger partial charge in [-0.3, -0.25) is 9.36 Å². The second-order valence-electron chi connectivity index (χ2n) is 8.74. The molecule has 1 atom stereocenters. The molecule has 0 saturated carbocycles. The molecule has 0 fully saturated rings. The van der Waals surface area contributed by atoms with Crippen molar-refractivity contribution in [1.29, 1.82) is 0 Å². The summed E-state index contributed by atoms with van der Waals surface area (Å²) < 4.78 is 57.4. The zero-order valence-electron chi connectivity index (χ0n) is 21.2.